The maximum Gasteiger partial charge on any atom is 0.277 e. The molecule has 2 heterocycles. The van der Waals surface area contributed by atoms with Crippen molar-refractivity contribution in [3.63, 3.8) is 0 Å². The van der Waals surface area contributed by atoms with Crippen molar-refractivity contribution in [1.29, 1.82) is 0 Å². The second-order valence-corrected chi connectivity index (χ2v) is 5.55. The van der Waals surface area contributed by atoms with Crippen LogP contribution in [0.3, 0.4) is 0 Å². The van der Waals surface area contributed by atoms with Gasteiger partial charge in [-0.2, -0.15) is 0 Å². The summed E-state index contributed by atoms with van der Waals surface area (Å²) >= 11 is 1.55. The average molecular weight is 285 g/mol. The smallest absolute Gasteiger partial charge is 0.277 e. The molecular formula is C15H15N3OS. The van der Waals surface area contributed by atoms with Gasteiger partial charge in [0.25, 0.3) is 11.1 Å². The van der Waals surface area contributed by atoms with Crippen molar-refractivity contribution in [3.8, 4) is 11.5 Å². The Morgan fingerprint density at radius 1 is 1.15 bits per heavy atom. The number of nitrogens with zero attached hydrogens (tertiary/aromatic N) is 2. The Balaban J connectivity index is 1.74. The number of nitrogens with one attached hydrogen (secondary N) is 1. The SMILES string of the molecule is Cc1c[nH]c(C)c1-c1nnc(SCc2ccccc2)o1. The first-order valence-corrected chi connectivity index (χ1v) is 7.38. The van der Waals surface area contributed by atoms with Crippen LogP contribution in [-0.2, 0) is 5.75 Å². The van der Waals surface area contributed by atoms with E-state index in [1.54, 1.807) is 11.8 Å². The van der Waals surface area contributed by atoms with Crippen LogP contribution in [0, 0.1) is 13.8 Å². The fraction of sp³-hybridized carbons (Fsp3) is 0.200. The van der Waals surface area contributed by atoms with Gasteiger partial charge in [-0.1, -0.05) is 42.1 Å². The standard InChI is InChI=1S/C15H15N3OS/c1-10-8-16-11(2)13(10)14-17-18-15(19-14)20-9-12-6-4-3-5-7-12/h3-8,16H,9H2,1-2H3. The third kappa shape index (κ3) is 2.63. The molecule has 0 bridgehead atoms. The Labute approximate surface area is 121 Å². The molecule has 0 saturated heterocycles. The van der Waals surface area contributed by atoms with Gasteiger partial charge in [0.15, 0.2) is 0 Å². The Hall–Kier alpha value is -2.01. The number of thioether (sulfide) groups is 1. The lowest BCUT2D eigenvalue weighted by molar-refractivity contribution is 0.465. The van der Waals surface area contributed by atoms with Crippen molar-refractivity contribution in [2.75, 3.05) is 0 Å². The number of rotatable bonds is 4. The van der Waals surface area contributed by atoms with Gasteiger partial charge in [0, 0.05) is 17.6 Å². The molecule has 5 heteroatoms. The van der Waals surface area contributed by atoms with Crippen molar-refractivity contribution in [1.82, 2.24) is 15.2 Å². The van der Waals surface area contributed by atoms with Crippen LogP contribution in [0.4, 0.5) is 0 Å². The fourth-order valence-electron chi connectivity index (χ4n) is 2.07. The van der Waals surface area contributed by atoms with E-state index in [0.29, 0.717) is 11.1 Å². The van der Waals surface area contributed by atoms with Crippen LogP contribution in [0.1, 0.15) is 16.8 Å². The minimum atomic E-state index is 0.580. The van der Waals surface area contributed by atoms with Crippen LogP contribution in [0.2, 0.25) is 0 Å². The monoisotopic (exact) mass is 285 g/mol. The predicted molar refractivity (Wildman–Crippen MR) is 79.6 cm³/mol. The van der Waals surface area contributed by atoms with Crippen molar-refractivity contribution < 1.29 is 4.42 Å². The zero-order valence-electron chi connectivity index (χ0n) is 11.4. The Kier molecular flexibility index (Phi) is 3.60. The van der Waals surface area contributed by atoms with Crippen molar-refractivity contribution in [2.45, 2.75) is 24.8 Å². The van der Waals surface area contributed by atoms with Gasteiger partial charge in [-0.3, -0.25) is 0 Å². The fourth-order valence-corrected chi connectivity index (χ4v) is 2.79. The number of aryl methyl sites for hydroxylation is 2. The zero-order chi connectivity index (χ0) is 13.9. The summed E-state index contributed by atoms with van der Waals surface area (Å²) in [7, 11) is 0. The van der Waals surface area contributed by atoms with Gasteiger partial charge >= 0.3 is 0 Å². The highest BCUT2D eigenvalue weighted by atomic mass is 32.2. The number of hydrogen-bond donors (Lipinski definition) is 1. The molecule has 2 aromatic heterocycles. The summed E-state index contributed by atoms with van der Waals surface area (Å²) in [5.41, 5.74) is 4.41. The highest BCUT2D eigenvalue weighted by Gasteiger charge is 2.14. The number of aromatic amines is 1. The van der Waals surface area contributed by atoms with E-state index in [0.717, 1.165) is 22.6 Å². The van der Waals surface area contributed by atoms with E-state index in [-0.39, 0.29) is 0 Å². The zero-order valence-corrected chi connectivity index (χ0v) is 12.2. The summed E-state index contributed by atoms with van der Waals surface area (Å²) in [6, 6.07) is 10.2. The molecule has 3 rings (SSSR count). The molecule has 20 heavy (non-hydrogen) atoms. The largest absolute Gasteiger partial charge is 0.411 e. The molecule has 3 aromatic rings. The second kappa shape index (κ2) is 5.54. The van der Waals surface area contributed by atoms with Crippen LogP contribution < -0.4 is 0 Å². The van der Waals surface area contributed by atoms with Gasteiger partial charge in [0.2, 0.25) is 0 Å². The molecule has 0 aliphatic heterocycles. The summed E-state index contributed by atoms with van der Waals surface area (Å²) in [6.45, 7) is 4.03. The van der Waals surface area contributed by atoms with Gasteiger partial charge in [-0.05, 0) is 25.0 Å². The summed E-state index contributed by atoms with van der Waals surface area (Å²) < 4.78 is 5.73. The third-order valence-electron chi connectivity index (χ3n) is 3.10. The highest BCUT2D eigenvalue weighted by Crippen LogP contribution is 2.29. The highest BCUT2D eigenvalue weighted by molar-refractivity contribution is 7.98. The van der Waals surface area contributed by atoms with Gasteiger partial charge < -0.3 is 9.40 Å². The van der Waals surface area contributed by atoms with Crippen LogP contribution in [0.15, 0.2) is 46.2 Å². The van der Waals surface area contributed by atoms with Crippen LogP contribution in [0.25, 0.3) is 11.5 Å². The van der Waals surface area contributed by atoms with E-state index in [9.17, 15) is 0 Å². The van der Waals surface area contributed by atoms with Crippen molar-refractivity contribution in [2.24, 2.45) is 0 Å². The molecule has 0 spiro atoms. The molecule has 102 valence electrons. The van der Waals surface area contributed by atoms with Crippen LogP contribution in [0.5, 0.6) is 0 Å². The van der Waals surface area contributed by atoms with Crippen LogP contribution in [-0.4, -0.2) is 15.2 Å². The van der Waals surface area contributed by atoms with E-state index < -0.39 is 0 Å². The molecule has 0 fully saturated rings. The first kappa shape index (κ1) is 13.0. The average Bonchev–Trinajstić information content (AvgIpc) is 3.05. The summed E-state index contributed by atoms with van der Waals surface area (Å²) in [5, 5.41) is 8.84. The lowest BCUT2D eigenvalue weighted by Crippen LogP contribution is -1.81. The van der Waals surface area contributed by atoms with E-state index in [1.165, 1.54) is 5.56 Å². The van der Waals surface area contributed by atoms with E-state index in [1.807, 2.05) is 38.2 Å². The van der Waals surface area contributed by atoms with E-state index in [4.69, 9.17) is 4.42 Å². The molecule has 1 aromatic carbocycles. The molecular weight excluding hydrogens is 270 g/mol. The molecule has 1 N–H and O–H groups in total. The lowest BCUT2D eigenvalue weighted by atomic mass is 10.2. The van der Waals surface area contributed by atoms with Crippen molar-refractivity contribution in [3.05, 3.63) is 53.3 Å². The van der Waals surface area contributed by atoms with E-state index >= 15 is 0 Å². The molecule has 0 amide bonds. The van der Waals surface area contributed by atoms with Gasteiger partial charge in [-0.25, -0.2) is 0 Å². The minimum absolute atomic E-state index is 0.580. The number of aromatic nitrogens is 3. The maximum atomic E-state index is 5.73. The predicted octanol–water partition coefficient (Wildman–Crippen LogP) is 3.97. The van der Waals surface area contributed by atoms with Crippen molar-refractivity contribution >= 4 is 11.8 Å². The third-order valence-corrected chi connectivity index (χ3v) is 3.99. The Bertz CT molecular complexity index is 683. The second-order valence-electron chi connectivity index (χ2n) is 4.62. The van der Waals surface area contributed by atoms with Gasteiger partial charge in [-0.15, -0.1) is 10.2 Å². The van der Waals surface area contributed by atoms with Gasteiger partial charge in [0.05, 0.1) is 5.56 Å². The lowest BCUT2D eigenvalue weighted by Gasteiger charge is -1.97. The summed E-state index contributed by atoms with van der Waals surface area (Å²) in [4.78, 5) is 3.17. The number of hydrogen-bond acceptors (Lipinski definition) is 4. The molecule has 0 aliphatic carbocycles. The molecule has 4 nitrogen and oxygen atoms in total. The van der Waals surface area contributed by atoms with Gasteiger partial charge in [0.1, 0.15) is 0 Å². The molecule has 0 aliphatic rings. The maximum absolute atomic E-state index is 5.73. The van der Waals surface area contributed by atoms with E-state index in [2.05, 4.69) is 27.3 Å². The Morgan fingerprint density at radius 2 is 1.95 bits per heavy atom. The molecule has 0 unspecified atom stereocenters. The number of H-pyrrole nitrogens is 1. The first-order chi connectivity index (χ1) is 9.74. The number of benzene rings is 1. The molecule has 0 saturated carbocycles. The molecule has 0 radical (unpaired) electrons. The minimum Gasteiger partial charge on any atom is -0.411 e. The first-order valence-electron chi connectivity index (χ1n) is 6.39. The van der Waals surface area contributed by atoms with Crippen LogP contribution >= 0.6 is 11.8 Å². The topological polar surface area (TPSA) is 54.7 Å². The molecule has 0 atom stereocenters. The summed E-state index contributed by atoms with van der Waals surface area (Å²) in [5.74, 6) is 1.41. The Morgan fingerprint density at radius 3 is 2.65 bits per heavy atom. The summed E-state index contributed by atoms with van der Waals surface area (Å²) in [6.07, 6.45) is 1.95. The normalized spacial score (nSPS) is 10.9. The quantitative estimate of drug-likeness (QED) is 0.737.